The number of amides is 1. The number of aryl methyl sites for hydroxylation is 1. The predicted molar refractivity (Wildman–Crippen MR) is 72.5 cm³/mol. The summed E-state index contributed by atoms with van der Waals surface area (Å²) in [6.07, 6.45) is 8.12. The maximum Gasteiger partial charge on any atom is 0.225 e. The Kier molecular flexibility index (Phi) is 6.03. The van der Waals surface area contributed by atoms with Crippen molar-refractivity contribution >= 4 is 18.4 Å². The molecule has 1 rings (SSSR count). The van der Waals surface area contributed by atoms with E-state index in [-0.39, 0.29) is 5.91 Å². The maximum atomic E-state index is 11.5. The van der Waals surface area contributed by atoms with Crippen LogP contribution in [0.3, 0.4) is 0 Å². The lowest BCUT2D eigenvalue weighted by atomic mass is 10.2. The Balaban J connectivity index is 2.29. The minimum absolute atomic E-state index is 0.0800. The van der Waals surface area contributed by atoms with Crippen LogP contribution in [0.5, 0.6) is 0 Å². The van der Waals surface area contributed by atoms with Gasteiger partial charge in [0.25, 0.3) is 0 Å². The van der Waals surface area contributed by atoms with Gasteiger partial charge in [-0.2, -0.15) is 5.10 Å². The van der Waals surface area contributed by atoms with Gasteiger partial charge in [-0.3, -0.25) is 9.79 Å². The van der Waals surface area contributed by atoms with Gasteiger partial charge in [-0.15, -0.1) is 5.10 Å². The fourth-order valence-corrected chi connectivity index (χ4v) is 1.17. The highest BCUT2D eigenvalue weighted by Gasteiger charge is 2.01. The van der Waals surface area contributed by atoms with Crippen LogP contribution in [-0.2, 0) is 4.79 Å². The molecule has 0 aliphatic carbocycles. The van der Waals surface area contributed by atoms with Gasteiger partial charge in [0.2, 0.25) is 5.91 Å². The fraction of sp³-hybridized carbons (Fsp3) is 0.231. The number of hydrogen-bond acceptors (Lipinski definition) is 4. The number of nitrogens with one attached hydrogen (secondary N) is 1. The summed E-state index contributed by atoms with van der Waals surface area (Å²) in [5.74, 6) is 0.397. The first-order valence-electron chi connectivity index (χ1n) is 5.60. The van der Waals surface area contributed by atoms with E-state index >= 15 is 0 Å². The van der Waals surface area contributed by atoms with Gasteiger partial charge in [0, 0.05) is 12.6 Å². The summed E-state index contributed by atoms with van der Waals surface area (Å²) < 4.78 is 0. The Hall–Kier alpha value is -2.30. The van der Waals surface area contributed by atoms with Gasteiger partial charge in [-0.05, 0) is 38.3 Å². The lowest BCUT2D eigenvalue weighted by Gasteiger charge is -2.01. The summed E-state index contributed by atoms with van der Waals surface area (Å²) >= 11 is 0. The number of allylic oxidation sites excluding steroid dienone is 3. The van der Waals surface area contributed by atoms with Crippen molar-refractivity contribution in [3.05, 3.63) is 42.3 Å². The third-order valence-corrected chi connectivity index (χ3v) is 2.04. The van der Waals surface area contributed by atoms with E-state index in [1.54, 1.807) is 24.4 Å². The number of carbonyl (C=O) groups excluding carboxylic acids is 1. The highest BCUT2D eigenvalue weighted by atomic mass is 16.1. The molecular formula is C13H16N4O. The lowest BCUT2D eigenvalue weighted by molar-refractivity contribution is -0.116. The topological polar surface area (TPSA) is 67.2 Å². The molecule has 0 saturated carbocycles. The zero-order valence-electron chi connectivity index (χ0n) is 10.3. The molecule has 0 fully saturated rings. The molecule has 5 nitrogen and oxygen atoms in total. The Morgan fingerprint density at radius 2 is 2.28 bits per heavy atom. The molecule has 0 aliphatic rings. The van der Waals surface area contributed by atoms with E-state index < -0.39 is 0 Å². The first-order valence-corrected chi connectivity index (χ1v) is 5.60. The van der Waals surface area contributed by atoms with Gasteiger partial charge in [0.15, 0.2) is 5.82 Å². The van der Waals surface area contributed by atoms with Crippen molar-refractivity contribution in [2.24, 2.45) is 4.99 Å². The molecule has 0 saturated heterocycles. The Bertz CT molecular complexity index is 449. The molecule has 0 unspecified atom stereocenters. The maximum absolute atomic E-state index is 11.5. The van der Waals surface area contributed by atoms with Crippen LogP contribution in [-0.4, -0.2) is 22.8 Å². The smallest absolute Gasteiger partial charge is 0.225 e. The van der Waals surface area contributed by atoms with Gasteiger partial charge >= 0.3 is 0 Å². The first kappa shape index (κ1) is 13.8. The normalized spacial score (nSPS) is 10.9. The van der Waals surface area contributed by atoms with Gasteiger partial charge in [0.1, 0.15) is 0 Å². The van der Waals surface area contributed by atoms with Crippen molar-refractivity contribution in [1.82, 2.24) is 10.2 Å². The molecule has 1 amide bonds. The number of carbonyl (C=O) groups is 1. The van der Waals surface area contributed by atoms with Crippen LogP contribution in [0, 0.1) is 6.92 Å². The summed E-state index contributed by atoms with van der Waals surface area (Å²) in [5.41, 5.74) is 0.818. The van der Waals surface area contributed by atoms with Crippen LogP contribution >= 0.6 is 0 Å². The second kappa shape index (κ2) is 7.89. The minimum Gasteiger partial charge on any atom is -0.309 e. The SMILES string of the molecule is C=N/C=C\C=C/CCC(=O)Nc1ccc(C)nn1. The Labute approximate surface area is 106 Å². The van der Waals surface area contributed by atoms with E-state index in [9.17, 15) is 4.79 Å². The molecular weight excluding hydrogens is 228 g/mol. The van der Waals surface area contributed by atoms with Crippen molar-refractivity contribution in [3.63, 3.8) is 0 Å². The molecule has 5 heteroatoms. The van der Waals surface area contributed by atoms with Crippen LogP contribution in [0.25, 0.3) is 0 Å². The number of aromatic nitrogens is 2. The quantitative estimate of drug-likeness (QED) is 0.616. The van der Waals surface area contributed by atoms with Crippen molar-refractivity contribution in [2.75, 3.05) is 5.32 Å². The van der Waals surface area contributed by atoms with E-state index in [1.165, 1.54) is 0 Å². The van der Waals surface area contributed by atoms with Crippen LogP contribution in [0.4, 0.5) is 5.82 Å². The fourth-order valence-electron chi connectivity index (χ4n) is 1.17. The summed E-state index contributed by atoms with van der Waals surface area (Å²) in [4.78, 5) is 15.1. The standard InChI is InChI=1S/C13H16N4O/c1-11-8-9-12(17-16-11)15-13(18)7-5-3-4-6-10-14-2/h3-4,6,8-10H,2,5,7H2,1H3,(H,15,17,18)/b4-3-,10-6-. The lowest BCUT2D eigenvalue weighted by Crippen LogP contribution is -2.12. The van der Waals surface area contributed by atoms with Crippen molar-refractivity contribution in [3.8, 4) is 0 Å². The molecule has 0 atom stereocenters. The summed E-state index contributed by atoms with van der Waals surface area (Å²) in [6.45, 7) is 5.15. The molecule has 1 aromatic rings. The van der Waals surface area contributed by atoms with Crippen molar-refractivity contribution in [1.29, 1.82) is 0 Å². The van der Waals surface area contributed by atoms with Gasteiger partial charge in [0.05, 0.1) is 5.69 Å². The van der Waals surface area contributed by atoms with E-state index in [0.717, 1.165) is 5.69 Å². The zero-order chi connectivity index (χ0) is 13.2. The van der Waals surface area contributed by atoms with Crippen LogP contribution in [0.2, 0.25) is 0 Å². The average Bonchev–Trinajstić information content (AvgIpc) is 2.36. The highest BCUT2D eigenvalue weighted by molar-refractivity contribution is 5.89. The number of anilines is 1. The van der Waals surface area contributed by atoms with E-state index in [4.69, 9.17) is 0 Å². The van der Waals surface area contributed by atoms with Crippen LogP contribution in [0.15, 0.2) is 41.6 Å². The third kappa shape index (κ3) is 5.69. The monoisotopic (exact) mass is 244 g/mol. The molecule has 18 heavy (non-hydrogen) atoms. The number of nitrogens with zero attached hydrogens (tertiary/aromatic N) is 3. The molecule has 0 radical (unpaired) electrons. The molecule has 1 aromatic heterocycles. The molecule has 94 valence electrons. The largest absolute Gasteiger partial charge is 0.309 e. The van der Waals surface area contributed by atoms with Gasteiger partial charge in [-0.1, -0.05) is 12.2 Å². The highest BCUT2D eigenvalue weighted by Crippen LogP contribution is 2.02. The molecule has 0 bridgehead atoms. The van der Waals surface area contributed by atoms with E-state index in [2.05, 4.69) is 27.2 Å². The second-order valence-electron chi connectivity index (χ2n) is 3.60. The van der Waals surface area contributed by atoms with E-state index in [0.29, 0.717) is 18.7 Å². The zero-order valence-corrected chi connectivity index (χ0v) is 10.3. The van der Waals surface area contributed by atoms with Gasteiger partial charge < -0.3 is 5.32 Å². The molecule has 0 spiro atoms. The number of aliphatic imine (C=N–C) groups is 1. The minimum atomic E-state index is -0.0800. The van der Waals surface area contributed by atoms with Crippen LogP contribution < -0.4 is 5.32 Å². The summed E-state index contributed by atoms with van der Waals surface area (Å²) in [6, 6.07) is 3.53. The Morgan fingerprint density at radius 3 is 2.94 bits per heavy atom. The molecule has 1 heterocycles. The molecule has 0 aliphatic heterocycles. The Morgan fingerprint density at radius 1 is 1.44 bits per heavy atom. The number of rotatable bonds is 6. The third-order valence-electron chi connectivity index (χ3n) is 2.04. The summed E-state index contributed by atoms with van der Waals surface area (Å²) in [7, 11) is 0. The second-order valence-corrected chi connectivity index (χ2v) is 3.60. The average molecular weight is 244 g/mol. The van der Waals surface area contributed by atoms with Crippen molar-refractivity contribution < 1.29 is 4.79 Å². The molecule has 0 aromatic carbocycles. The van der Waals surface area contributed by atoms with Gasteiger partial charge in [-0.25, -0.2) is 0 Å². The number of hydrogen-bond donors (Lipinski definition) is 1. The van der Waals surface area contributed by atoms with Crippen LogP contribution in [0.1, 0.15) is 18.5 Å². The van der Waals surface area contributed by atoms with Crippen molar-refractivity contribution in [2.45, 2.75) is 19.8 Å². The van der Waals surface area contributed by atoms with E-state index in [1.807, 2.05) is 19.1 Å². The summed E-state index contributed by atoms with van der Waals surface area (Å²) in [5, 5.41) is 10.4. The first-order chi connectivity index (χ1) is 8.72. The molecule has 1 N–H and O–H groups in total. The predicted octanol–water partition coefficient (Wildman–Crippen LogP) is 2.27.